The number of benzene rings is 2. The summed E-state index contributed by atoms with van der Waals surface area (Å²) in [7, 11) is -3.91. The molecule has 2 N–H and O–H groups in total. The average molecular weight is 496 g/mol. The monoisotopic (exact) mass is 495 g/mol. The van der Waals surface area contributed by atoms with Gasteiger partial charge in [0.25, 0.3) is 5.91 Å². The molecule has 0 radical (unpaired) electrons. The number of rotatable bonds is 6. The van der Waals surface area contributed by atoms with Crippen molar-refractivity contribution in [3.63, 3.8) is 0 Å². The molecule has 0 bridgehead atoms. The third-order valence-corrected chi connectivity index (χ3v) is 9.67. The Morgan fingerprint density at radius 1 is 1.03 bits per heavy atom. The number of nitrogens with zero attached hydrogens (tertiary/aromatic N) is 1. The fourth-order valence-electron chi connectivity index (χ4n) is 4.90. The maximum atomic E-state index is 14.0. The molecule has 8 heteroatoms. The molecule has 1 amide bonds. The second-order valence-electron chi connectivity index (χ2n) is 8.92. The summed E-state index contributed by atoms with van der Waals surface area (Å²) in [4.78, 5) is 13.4. The zero-order valence-corrected chi connectivity index (χ0v) is 20.6. The first-order valence-electron chi connectivity index (χ1n) is 11.8. The molecule has 6 nitrogen and oxygen atoms in total. The molecule has 2 aliphatic rings. The molecular formula is C26H29N3O3S2. The predicted octanol–water partition coefficient (Wildman–Crippen LogP) is 4.11. The van der Waals surface area contributed by atoms with Gasteiger partial charge in [-0.3, -0.25) is 4.79 Å². The zero-order chi connectivity index (χ0) is 23.5. The molecule has 1 aromatic heterocycles. The summed E-state index contributed by atoms with van der Waals surface area (Å²) in [6, 6.07) is 19.2. The number of hydrogen-bond acceptors (Lipinski definition) is 5. The molecular weight excluding hydrogens is 466 g/mol. The highest BCUT2D eigenvalue weighted by Gasteiger charge is 2.38. The number of piperidine rings is 1. The molecule has 3 heterocycles. The maximum absolute atomic E-state index is 14.0. The number of hydrogen-bond donors (Lipinski definition) is 2. The van der Waals surface area contributed by atoms with Crippen molar-refractivity contribution < 1.29 is 13.2 Å². The van der Waals surface area contributed by atoms with E-state index in [9.17, 15) is 13.2 Å². The summed E-state index contributed by atoms with van der Waals surface area (Å²) in [5.74, 6) is -0.324. The van der Waals surface area contributed by atoms with E-state index in [2.05, 4.69) is 16.7 Å². The van der Waals surface area contributed by atoms with Gasteiger partial charge in [-0.25, -0.2) is 8.42 Å². The normalized spacial score (nSPS) is 21.1. The Hall–Kier alpha value is -2.52. The van der Waals surface area contributed by atoms with Crippen LogP contribution in [-0.2, 0) is 23.0 Å². The van der Waals surface area contributed by atoms with Crippen LogP contribution in [-0.4, -0.2) is 37.8 Å². The van der Waals surface area contributed by atoms with Gasteiger partial charge in [-0.05, 0) is 53.9 Å². The third-order valence-electron chi connectivity index (χ3n) is 6.73. The van der Waals surface area contributed by atoms with Crippen LogP contribution in [0.5, 0.6) is 0 Å². The Bertz CT molecular complexity index is 1250. The van der Waals surface area contributed by atoms with Crippen molar-refractivity contribution in [2.45, 2.75) is 49.2 Å². The van der Waals surface area contributed by atoms with Crippen LogP contribution < -0.4 is 10.6 Å². The fourth-order valence-corrected chi connectivity index (χ4v) is 7.81. The lowest BCUT2D eigenvalue weighted by Crippen LogP contribution is -2.43. The first-order valence-corrected chi connectivity index (χ1v) is 14.1. The molecule has 1 fully saturated rings. The highest BCUT2D eigenvalue weighted by Crippen LogP contribution is 2.38. The minimum absolute atomic E-state index is 0.0897. The summed E-state index contributed by atoms with van der Waals surface area (Å²) < 4.78 is 29.6. The van der Waals surface area contributed by atoms with Crippen molar-refractivity contribution in [3.8, 4) is 0 Å². The lowest BCUT2D eigenvalue weighted by atomic mass is 9.92. The zero-order valence-electron chi connectivity index (χ0n) is 18.9. The molecule has 0 spiro atoms. The summed E-state index contributed by atoms with van der Waals surface area (Å²) in [5.41, 5.74) is 3.11. The van der Waals surface area contributed by atoms with E-state index in [0.717, 1.165) is 42.5 Å². The van der Waals surface area contributed by atoms with E-state index in [1.807, 2.05) is 48.5 Å². The van der Waals surface area contributed by atoms with Gasteiger partial charge in [0.05, 0.1) is 6.04 Å². The predicted molar refractivity (Wildman–Crippen MR) is 134 cm³/mol. The van der Waals surface area contributed by atoms with E-state index in [-0.39, 0.29) is 34.3 Å². The van der Waals surface area contributed by atoms with Crippen molar-refractivity contribution in [2.24, 2.45) is 0 Å². The van der Waals surface area contributed by atoms with Gasteiger partial charge in [-0.15, -0.1) is 11.3 Å². The van der Waals surface area contributed by atoms with E-state index in [1.165, 1.54) is 11.3 Å². The van der Waals surface area contributed by atoms with Gasteiger partial charge >= 0.3 is 0 Å². The van der Waals surface area contributed by atoms with Crippen LogP contribution in [0.25, 0.3) is 0 Å². The Kier molecular flexibility index (Phi) is 6.83. The second-order valence-corrected chi connectivity index (χ2v) is 11.7. The summed E-state index contributed by atoms with van der Waals surface area (Å²) in [6.45, 7) is 1.73. The fraction of sp³-hybridized carbons (Fsp3) is 0.346. The number of fused-ring (bicyclic) bond motifs is 1. The minimum atomic E-state index is -3.91. The quantitative estimate of drug-likeness (QED) is 0.540. The Morgan fingerprint density at radius 2 is 1.79 bits per heavy atom. The highest BCUT2D eigenvalue weighted by molar-refractivity contribution is 7.89. The largest absolute Gasteiger partial charge is 0.350 e. The van der Waals surface area contributed by atoms with Gasteiger partial charge in [0.15, 0.2) is 0 Å². The maximum Gasteiger partial charge on any atom is 0.262 e. The van der Waals surface area contributed by atoms with Gasteiger partial charge in [0, 0.05) is 19.1 Å². The molecule has 2 aromatic carbocycles. The molecule has 2 aliphatic heterocycles. The molecule has 1 unspecified atom stereocenters. The van der Waals surface area contributed by atoms with E-state index >= 15 is 0 Å². The van der Waals surface area contributed by atoms with Crippen LogP contribution in [0.2, 0.25) is 0 Å². The third kappa shape index (κ3) is 4.68. The minimum Gasteiger partial charge on any atom is -0.350 e. The summed E-state index contributed by atoms with van der Waals surface area (Å²) in [5, 5.41) is 8.06. The Balaban J connectivity index is 1.44. The van der Waals surface area contributed by atoms with E-state index in [4.69, 9.17) is 0 Å². The molecule has 0 aliphatic carbocycles. The topological polar surface area (TPSA) is 78.5 Å². The summed E-state index contributed by atoms with van der Waals surface area (Å²) >= 11 is 1.18. The molecule has 34 heavy (non-hydrogen) atoms. The van der Waals surface area contributed by atoms with Gasteiger partial charge in [0.1, 0.15) is 9.77 Å². The van der Waals surface area contributed by atoms with Gasteiger partial charge in [0.2, 0.25) is 10.0 Å². The lowest BCUT2D eigenvalue weighted by Gasteiger charge is -2.36. The van der Waals surface area contributed by atoms with Crippen LogP contribution >= 0.6 is 11.3 Å². The van der Waals surface area contributed by atoms with Crippen molar-refractivity contribution in [3.05, 3.63) is 87.6 Å². The average Bonchev–Trinajstić information content (AvgIpc) is 3.39. The second kappa shape index (κ2) is 10.00. The Morgan fingerprint density at radius 3 is 2.56 bits per heavy atom. The van der Waals surface area contributed by atoms with E-state index in [0.29, 0.717) is 13.0 Å². The standard InChI is InChI=1S/C26H29N3O3S2/c30-26(28-17-22-12-6-7-14-27-22)25-24(13-15-33-25)34(31,32)29-18-21-11-5-4-10-20(21)16-23(29)19-8-2-1-3-9-19/h1-5,8-11,13,15,22-23,27H,6-7,12,14,16-18H2,(H,28,30)/t22-,23?/m1/s1. The van der Waals surface area contributed by atoms with Crippen LogP contribution in [0, 0.1) is 0 Å². The first kappa shape index (κ1) is 23.2. The molecule has 1 saturated heterocycles. The van der Waals surface area contributed by atoms with E-state index in [1.54, 1.807) is 15.8 Å². The molecule has 5 rings (SSSR count). The van der Waals surface area contributed by atoms with Crippen LogP contribution in [0.1, 0.15) is 51.7 Å². The smallest absolute Gasteiger partial charge is 0.262 e. The number of sulfonamides is 1. The number of carbonyl (C=O) groups is 1. The number of amides is 1. The number of thiophene rings is 1. The number of carbonyl (C=O) groups excluding carboxylic acids is 1. The van der Waals surface area contributed by atoms with Crippen LogP contribution in [0.4, 0.5) is 0 Å². The SMILES string of the molecule is O=C(NC[C@H]1CCCCN1)c1sccc1S(=O)(=O)N1Cc2ccccc2CC1c1ccccc1. The van der Waals surface area contributed by atoms with Crippen molar-refractivity contribution in [1.82, 2.24) is 14.9 Å². The molecule has 0 saturated carbocycles. The van der Waals surface area contributed by atoms with E-state index < -0.39 is 10.0 Å². The van der Waals surface area contributed by atoms with Crippen LogP contribution in [0.3, 0.4) is 0 Å². The van der Waals surface area contributed by atoms with Gasteiger partial charge < -0.3 is 10.6 Å². The highest BCUT2D eigenvalue weighted by atomic mass is 32.2. The Labute approximate surface area is 205 Å². The molecule has 2 atom stereocenters. The van der Waals surface area contributed by atoms with Crippen molar-refractivity contribution >= 4 is 27.3 Å². The molecule has 178 valence electrons. The summed E-state index contributed by atoms with van der Waals surface area (Å²) in [6.07, 6.45) is 3.91. The van der Waals surface area contributed by atoms with Gasteiger partial charge in [-0.1, -0.05) is 61.0 Å². The molecule has 3 aromatic rings. The van der Waals surface area contributed by atoms with Crippen molar-refractivity contribution in [2.75, 3.05) is 13.1 Å². The van der Waals surface area contributed by atoms with Crippen LogP contribution in [0.15, 0.2) is 70.9 Å². The number of nitrogens with one attached hydrogen (secondary N) is 2. The first-order chi connectivity index (χ1) is 16.5. The van der Waals surface area contributed by atoms with Crippen molar-refractivity contribution in [1.29, 1.82) is 0 Å². The van der Waals surface area contributed by atoms with Gasteiger partial charge in [-0.2, -0.15) is 4.31 Å². The lowest BCUT2D eigenvalue weighted by molar-refractivity contribution is 0.0948.